The average Bonchev–Trinajstić information content (AvgIpc) is 2.58. The van der Waals surface area contributed by atoms with Crippen LogP contribution in [-0.4, -0.2) is 12.6 Å². The number of aryl methyl sites for hydroxylation is 1. The highest BCUT2D eigenvalue weighted by Crippen LogP contribution is 2.15. The summed E-state index contributed by atoms with van der Waals surface area (Å²) in [7, 11) is 0. The maximum Gasteiger partial charge on any atom is 0.193 e. The van der Waals surface area contributed by atoms with Crippen LogP contribution in [-0.2, 0) is 13.0 Å². The second-order valence-corrected chi connectivity index (χ2v) is 5.38. The summed E-state index contributed by atoms with van der Waals surface area (Å²) >= 11 is 0. The second kappa shape index (κ2) is 8.83. The Bertz CT molecular complexity index is 653. The van der Waals surface area contributed by atoms with Gasteiger partial charge in [0, 0.05) is 5.69 Å². The van der Waals surface area contributed by atoms with Gasteiger partial charge in [0.05, 0.1) is 13.2 Å². The molecule has 0 radical (unpaired) electrons. The Kier molecular flexibility index (Phi) is 6.48. The molecule has 0 amide bonds. The smallest absolute Gasteiger partial charge is 0.193 e. The summed E-state index contributed by atoms with van der Waals surface area (Å²) in [6.07, 6.45) is 1.99. The lowest BCUT2D eigenvalue weighted by Crippen LogP contribution is -2.22. The van der Waals surface area contributed by atoms with Gasteiger partial charge in [0.15, 0.2) is 5.96 Å². The molecule has 0 saturated carbocycles. The van der Waals surface area contributed by atoms with Crippen LogP contribution >= 0.6 is 0 Å². The fourth-order valence-corrected chi connectivity index (χ4v) is 2.19. The summed E-state index contributed by atoms with van der Waals surface area (Å²) in [5.74, 6) is 1.29. The zero-order valence-electron chi connectivity index (χ0n) is 13.9. The van der Waals surface area contributed by atoms with Crippen molar-refractivity contribution in [2.24, 2.45) is 10.7 Å². The minimum Gasteiger partial charge on any atom is -0.494 e. The van der Waals surface area contributed by atoms with Crippen LogP contribution in [0.25, 0.3) is 0 Å². The van der Waals surface area contributed by atoms with Gasteiger partial charge in [0.25, 0.3) is 0 Å². The van der Waals surface area contributed by atoms with Crippen LogP contribution in [0, 0.1) is 0 Å². The van der Waals surface area contributed by atoms with Gasteiger partial charge >= 0.3 is 0 Å². The molecule has 2 rings (SSSR count). The molecule has 0 atom stereocenters. The monoisotopic (exact) mass is 311 g/mol. The molecule has 0 unspecified atom stereocenters. The van der Waals surface area contributed by atoms with Crippen molar-refractivity contribution in [2.45, 2.75) is 33.2 Å². The van der Waals surface area contributed by atoms with Crippen LogP contribution in [0.3, 0.4) is 0 Å². The summed E-state index contributed by atoms with van der Waals surface area (Å²) in [6, 6.07) is 16.1. The Morgan fingerprint density at radius 3 is 2.65 bits per heavy atom. The van der Waals surface area contributed by atoms with Gasteiger partial charge in [-0.2, -0.15) is 0 Å². The van der Waals surface area contributed by atoms with Gasteiger partial charge in [-0.1, -0.05) is 38.1 Å². The number of nitrogens with two attached hydrogens (primary N) is 1. The third-order valence-electron chi connectivity index (χ3n) is 3.41. The number of hydrogen-bond acceptors (Lipinski definition) is 2. The van der Waals surface area contributed by atoms with E-state index in [1.807, 2.05) is 36.4 Å². The van der Waals surface area contributed by atoms with E-state index in [0.717, 1.165) is 36.4 Å². The first-order valence-electron chi connectivity index (χ1n) is 8.09. The molecule has 2 aromatic rings. The number of nitrogens with one attached hydrogen (secondary N) is 1. The molecule has 122 valence electrons. The van der Waals surface area contributed by atoms with E-state index in [0.29, 0.717) is 12.5 Å². The zero-order valence-corrected chi connectivity index (χ0v) is 13.9. The lowest BCUT2D eigenvalue weighted by Gasteiger charge is -2.08. The Labute approximate surface area is 138 Å². The lowest BCUT2D eigenvalue weighted by atomic mass is 10.1. The van der Waals surface area contributed by atoms with Crippen LogP contribution in [0.4, 0.5) is 5.69 Å². The number of nitrogens with zero attached hydrogens (tertiary/aromatic N) is 1. The van der Waals surface area contributed by atoms with Gasteiger partial charge < -0.3 is 15.8 Å². The van der Waals surface area contributed by atoms with Crippen LogP contribution in [0.15, 0.2) is 53.5 Å². The van der Waals surface area contributed by atoms with E-state index in [9.17, 15) is 0 Å². The first-order valence-corrected chi connectivity index (χ1v) is 8.09. The Morgan fingerprint density at radius 2 is 1.87 bits per heavy atom. The molecule has 0 spiro atoms. The zero-order chi connectivity index (χ0) is 16.5. The van der Waals surface area contributed by atoms with E-state index < -0.39 is 0 Å². The number of benzene rings is 2. The van der Waals surface area contributed by atoms with E-state index >= 15 is 0 Å². The molecule has 4 heteroatoms. The molecule has 2 aromatic carbocycles. The van der Waals surface area contributed by atoms with Crippen molar-refractivity contribution < 1.29 is 4.74 Å². The van der Waals surface area contributed by atoms with Gasteiger partial charge in [-0.3, -0.25) is 0 Å². The van der Waals surface area contributed by atoms with Crippen LogP contribution in [0.2, 0.25) is 0 Å². The Morgan fingerprint density at radius 1 is 1.09 bits per heavy atom. The van der Waals surface area contributed by atoms with Crippen LogP contribution in [0.5, 0.6) is 5.75 Å². The highest BCUT2D eigenvalue weighted by Gasteiger charge is 1.99. The summed E-state index contributed by atoms with van der Waals surface area (Å²) < 4.78 is 5.63. The summed E-state index contributed by atoms with van der Waals surface area (Å²) in [4.78, 5) is 4.39. The van der Waals surface area contributed by atoms with E-state index in [1.54, 1.807) is 0 Å². The highest BCUT2D eigenvalue weighted by molar-refractivity contribution is 5.92. The fourth-order valence-electron chi connectivity index (χ4n) is 2.19. The second-order valence-electron chi connectivity index (χ2n) is 5.38. The molecule has 0 aliphatic heterocycles. The summed E-state index contributed by atoms with van der Waals surface area (Å²) in [5.41, 5.74) is 9.28. The maximum absolute atomic E-state index is 5.97. The van der Waals surface area contributed by atoms with Crippen molar-refractivity contribution in [3.63, 3.8) is 0 Å². The number of hydrogen-bond donors (Lipinski definition) is 2. The minimum atomic E-state index is 0.415. The number of aliphatic imine (C=N–C) groups is 1. The Balaban J connectivity index is 1.96. The number of ether oxygens (including phenoxy) is 1. The van der Waals surface area contributed by atoms with Gasteiger partial charge in [0.1, 0.15) is 5.75 Å². The van der Waals surface area contributed by atoms with Crippen LogP contribution in [0.1, 0.15) is 31.4 Å². The van der Waals surface area contributed by atoms with Gasteiger partial charge in [-0.05, 0) is 48.2 Å². The molecule has 0 bridgehead atoms. The SMILES string of the molecule is CCCOc1cccc(CN=C(N)Nc2cccc(CC)c2)c1. The molecule has 0 heterocycles. The number of rotatable bonds is 7. The van der Waals surface area contributed by atoms with Crippen molar-refractivity contribution in [3.8, 4) is 5.75 Å². The quantitative estimate of drug-likeness (QED) is 0.601. The minimum absolute atomic E-state index is 0.415. The molecule has 0 aliphatic carbocycles. The van der Waals surface area contributed by atoms with E-state index in [1.165, 1.54) is 5.56 Å². The normalized spacial score (nSPS) is 11.3. The first-order chi connectivity index (χ1) is 11.2. The van der Waals surface area contributed by atoms with Gasteiger partial charge in [0.2, 0.25) is 0 Å². The maximum atomic E-state index is 5.97. The number of guanidine groups is 1. The Hall–Kier alpha value is -2.49. The first kappa shape index (κ1) is 16.9. The molecule has 23 heavy (non-hydrogen) atoms. The predicted octanol–water partition coefficient (Wildman–Crippen LogP) is 3.96. The van der Waals surface area contributed by atoms with Crippen molar-refractivity contribution in [3.05, 3.63) is 59.7 Å². The van der Waals surface area contributed by atoms with E-state index in [2.05, 4.69) is 36.3 Å². The number of anilines is 1. The molecule has 0 saturated heterocycles. The van der Waals surface area contributed by atoms with Crippen molar-refractivity contribution in [2.75, 3.05) is 11.9 Å². The largest absolute Gasteiger partial charge is 0.494 e. The molecule has 4 nitrogen and oxygen atoms in total. The molecule has 3 N–H and O–H groups in total. The standard InChI is InChI=1S/C19H25N3O/c1-3-11-23-18-10-6-8-16(13-18)14-21-19(20)22-17-9-5-7-15(4-2)12-17/h5-10,12-13H,3-4,11,14H2,1-2H3,(H3,20,21,22). The summed E-state index contributed by atoms with van der Waals surface area (Å²) in [6.45, 7) is 5.47. The van der Waals surface area contributed by atoms with Gasteiger partial charge in [-0.15, -0.1) is 0 Å². The third kappa shape index (κ3) is 5.66. The van der Waals surface area contributed by atoms with Crippen molar-refractivity contribution >= 4 is 11.6 Å². The van der Waals surface area contributed by atoms with E-state index in [4.69, 9.17) is 10.5 Å². The molecule has 0 aliphatic rings. The molecule has 0 aromatic heterocycles. The van der Waals surface area contributed by atoms with Gasteiger partial charge in [-0.25, -0.2) is 4.99 Å². The van der Waals surface area contributed by atoms with E-state index in [-0.39, 0.29) is 0 Å². The lowest BCUT2D eigenvalue weighted by molar-refractivity contribution is 0.317. The van der Waals surface area contributed by atoms with Crippen LogP contribution < -0.4 is 15.8 Å². The molecule has 0 fully saturated rings. The molecular formula is C19H25N3O. The average molecular weight is 311 g/mol. The highest BCUT2D eigenvalue weighted by atomic mass is 16.5. The fraction of sp³-hybridized carbons (Fsp3) is 0.316. The van der Waals surface area contributed by atoms with Crippen molar-refractivity contribution in [1.29, 1.82) is 0 Å². The van der Waals surface area contributed by atoms with Crippen molar-refractivity contribution in [1.82, 2.24) is 0 Å². The summed E-state index contributed by atoms with van der Waals surface area (Å²) in [5, 5.41) is 3.13. The predicted molar refractivity (Wildman–Crippen MR) is 97.0 cm³/mol. The third-order valence-corrected chi connectivity index (χ3v) is 3.41. The topological polar surface area (TPSA) is 59.6 Å². The molecular weight excluding hydrogens is 286 g/mol.